The van der Waals surface area contributed by atoms with Crippen LogP contribution in [-0.2, 0) is 28.8 Å². The third-order valence-corrected chi connectivity index (χ3v) is 6.28. The SMILES string of the molecule is CC(=O)O/N=C(\C(=O)O)c1csc(NC2C(=O)N3C4=C(CSC23)C(O)OC4=O)n1. The number of rotatable bonds is 5. The van der Waals surface area contributed by atoms with Crippen LogP contribution in [0.25, 0.3) is 0 Å². The number of carboxylic acids is 1. The van der Waals surface area contributed by atoms with Gasteiger partial charge in [-0.2, -0.15) is 0 Å². The van der Waals surface area contributed by atoms with Gasteiger partial charge in [0.15, 0.2) is 5.13 Å². The first-order valence-corrected chi connectivity index (χ1v) is 9.99. The highest BCUT2D eigenvalue weighted by Crippen LogP contribution is 2.44. The van der Waals surface area contributed by atoms with Crippen LogP contribution in [0.2, 0.25) is 0 Å². The van der Waals surface area contributed by atoms with E-state index in [0.29, 0.717) is 11.3 Å². The molecule has 3 atom stereocenters. The quantitative estimate of drug-likeness (QED) is 0.174. The molecular formula is C15H12N4O8S2. The monoisotopic (exact) mass is 440 g/mol. The second-order valence-corrected chi connectivity index (χ2v) is 7.99. The Labute approximate surface area is 170 Å². The molecule has 3 N–H and O–H groups in total. The lowest BCUT2D eigenvalue weighted by atomic mass is 10.0. The Bertz CT molecular complexity index is 1000. The molecule has 1 aromatic heterocycles. The predicted octanol–water partition coefficient (Wildman–Crippen LogP) is -0.680. The zero-order valence-electron chi connectivity index (χ0n) is 14.5. The van der Waals surface area contributed by atoms with Crippen LogP contribution in [0, 0.1) is 0 Å². The number of ether oxygens (including phenoxy) is 1. The van der Waals surface area contributed by atoms with E-state index in [9.17, 15) is 29.4 Å². The van der Waals surface area contributed by atoms with Crippen molar-refractivity contribution < 1.29 is 39.0 Å². The van der Waals surface area contributed by atoms with Crippen LogP contribution < -0.4 is 5.32 Å². The van der Waals surface area contributed by atoms with Gasteiger partial charge in [-0.15, -0.1) is 23.1 Å². The van der Waals surface area contributed by atoms with Gasteiger partial charge in [0.05, 0.1) is 0 Å². The van der Waals surface area contributed by atoms with Crippen LogP contribution in [0.3, 0.4) is 0 Å². The molecule has 1 saturated heterocycles. The van der Waals surface area contributed by atoms with Gasteiger partial charge in [0.2, 0.25) is 12.0 Å². The van der Waals surface area contributed by atoms with E-state index in [1.165, 1.54) is 22.0 Å². The summed E-state index contributed by atoms with van der Waals surface area (Å²) in [6, 6.07) is -0.697. The summed E-state index contributed by atoms with van der Waals surface area (Å²) >= 11 is 2.39. The molecule has 152 valence electrons. The number of fused-ring (bicyclic) bond motifs is 2. The van der Waals surface area contributed by atoms with E-state index in [-0.39, 0.29) is 16.5 Å². The molecule has 0 saturated carbocycles. The van der Waals surface area contributed by atoms with E-state index in [1.807, 2.05) is 0 Å². The van der Waals surface area contributed by atoms with Crippen molar-refractivity contribution in [1.29, 1.82) is 0 Å². The topological polar surface area (TPSA) is 168 Å². The minimum atomic E-state index is -1.44. The summed E-state index contributed by atoms with van der Waals surface area (Å²) < 4.78 is 4.75. The Morgan fingerprint density at radius 2 is 2.21 bits per heavy atom. The van der Waals surface area contributed by atoms with E-state index in [0.717, 1.165) is 18.3 Å². The van der Waals surface area contributed by atoms with Crippen LogP contribution in [0.1, 0.15) is 12.6 Å². The number of cyclic esters (lactones) is 1. The Kier molecular flexibility index (Phi) is 4.76. The highest BCUT2D eigenvalue weighted by Gasteiger charge is 2.56. The average Bonchev–Trinajstić information content (AvgIpc) is 3.23. The van der Waals surface area contributed by atoms with Crippen LogP contribution >= 0.6 is 23.1 Å². The number of aromatic nitrogens is 1. The zero-order valence-corrected chi connectivity index (χ0v) is 16.2. The van der Waals surface area contributed by atoms with E-state index in [2.05, 4.69) is 20.3 Å². The number of anilines is 1. The van der Waals surface area contributed by atoms with Crippen molar-refractivity contribution in [2.75, 3.05) is 11.1 Å². The molecule has 14 heteroatoms. The van der Waals surface area contributed by atoms with E-state index in [4.69, 9.17) is 4.74 Å². The van der Waals surface area contributed by atoms with Gasteiger partial charge < -0.3 is 25.1 Å². The number of thiazole rings is 1. The molecule has 1 fully saturated rings. The van der Waals surface area contributed by atoms with Gasteiger partial charge >= 0.3 is 17.9 Å². The molecule has 3 unspecified atom stereocenters. The van der Waals surface area contributed by atoms with E-state index >= 15 is 0 Å². The Morgan fingerprint density at radius 3 is 2.90 bits per heavy atom. The molecule has 4 rings (SSSR count). The Hall–Kier alpha value is -2.97. The van der Waals surface area contributed by atoms with Gasteiger partial charge in [-0.25, -0.2) is 19.4 Å². The minimum Gasteiger partial charge on any atom is -0.476 e. The molecule has 3 aliphatic rings. The molecule has 0 aromatic carbocycles. The zero-order chi connectivity index (χ0) is 20.9. The number of oxime groups is 1. The number of thioether (sulfide) groups is 1. The third-order valence-electron chi connectivity index (χ3n) is 4.20. The lowest BCUT2D eigenvalue weighted by molar-refractivity contribution is -0.156. The number of amides is 1. The Balaban J connectivity index is 1.50. The summed E-state index contributed by atoms with van der Waals surface area (Å²) in [5, 5.41) is 26.4. The van der Waals surface area contributed by atoms with Gasteiger partial charge in [-0.3, -0.25) is 9.69 Å². The first-order chi connectivity index (χ1) is 13.8. The van der Waals surface area contributed by atoms with Gasteiger partial charge in [0.25, 0.3) is 5.91 Å². The number of aliphatic hydroxyl groups is 1. The van der Waals surface area contributed by atoms with Crippen LogP contribution in [0.5, 0.6) is 0 Å². The molecule has 3 aliphatic heterocycles. The minimum absolute atomic E-state index is 0.0429. The fourth-order valence-electron chi connectivity index (χ4n) is 2.94. The number of carboxylic acid groups (broad SMARTS) is 1. The highest BCUT2D eigenvalue weighted by molar-refractivity contribution is 8.00. The molecule has 0 spiro atoms. The molecule has 0 radical (unpaired) electrons. The second-order valence-electron chi connectivity index (χ2n) is 6.03. The number of aliphatic carboxylic acids is 1. The number of nitrogens with one attached hydrogen (secondary N) is 1. The van der Waals surface area contributed by atoms with Gasteiger partial charge in [-0.1, -0.05) is 5.16 Å². The van der Waals surface area contributed by atoms with Crippen molar-refractivity contribution in [3.8, 4) is 0 Å². The number of carbonyl (C=O) groups is 4. The molecule has 0 aliphatic carbocycles. The lowest BCUT2D eigenvalue weighted by Crippen LogP contribution is -2.67. The maximum absolute atomic E-state index is 12.5. The second kappa shape index (κ2) is 7.13. The number of carbonyl (C=O) groups excluding carboxylic acids is 3. The number of β-lactam (4-membered cyclic amide) rings is 1. The van der Waals surface area contributed by atoms with Crippen molar-refractivity contribution in [1.82, 2.24) is 9.88 Å². The fraction of sp³-hybridized carbons (Fsp3) is 0.333. The predicted molar refractivity (Wildman–Crippen MR) is 97.7 cm³/mol. The van der Waals surface area contributed by atoms with Crippen molar-refractivity contribution >= 4 is 57.8 Å². The lowest BCUT2D eigenvalue weighted by Gasteiger charge is -2.48. The Morgan fingerprint density at radius 1 is 1.45 bits per heavy atom. The van der Waals surface area contributed by atoms with Crippen molar-refractivity contribution in [2.45, 2.75) is 24.6 Å². The smallest absolute Gasteiger partial charge is 0.360 e. The molecule has 4 heterocycles. The molecular weight excluding hydrogens is 428 g/mol. The number of hydrogen-bond donors (Lipinski definition) is 3. The average molecular weight is 440 g/mol. The van der Waals surface area contributed by atoms with Crippen molar-refractivity contribution in [3.05, 3.63) is 22.3 Å². The van der Waals surface area contributed by atoms with Gasteiger partial charge in [-0.05, 0) is 0 Å². The van der Waals surface area contributed by atoms with Crippen LogP contribution in [0.15, 0.2) is 21.8 Å². The number of nitrogens with zero attached hydrogens (tertiary/aromatic N) is 3. The molecule has 1 aromatic rings. The normalized spacial score (nSPS) is 25.8. The van der Waals surface area contributed by atoms with Crippen molar-refractivity contribution in [2.24, 2.45) is 5.16 Å². The molecule has 0 bridgehead atoms. The summed E-state index contributed by atoms with van der Waals surface area (Å²) in [6.07, 6.45) is -1.33. The highest BCUT2D eigenvalue weighted by atomic mass is 32.2. The summed E-state index contributed by atoms with van der Waals surface area (Å²) in [4.78, 5) is 56.3. The number of hydrogen-bond acceptors (Lipinski definition) is 12. The largest absolute Gasteiger partial charge is 0.476 e. The fourth-order valence-corrected chi connectivity index (χ4v) is 5.04. The number of aliphatic hydroxyl groups excluding tert-OH is 1. The standard InChI is InChI=1S/C15H12N4O8S2/c1-4(20)27-18-7(12(22)23)6-3-29-15(16-6)17-8-10(21)19-9-5(2-28-11(8)19)13(24)26-14(9)25/h3,8,11,13,24H,2H2,1H3,(H,16,17)(H,22,23)/b18-7-. The van der Waals surface area contributed by atoms with Crippen molar-refractivity contribution in [3.63, 3.8) is 0 Å². The molecule has 29 heavy (non-hydrogen) atoms. The van der Waals surface area contributed by atoms with Gasteiger partial charge in [0, 0.05) is 23.6 Å². The molecule has 1 amide bonds. The number of esters is 1. The van der Waals surface area contributed by atoms with E-state index in [1.54, 1.807) is 0 Å². The maximum Gasteiger partial charge on any atom is 0.360 e. The van der Waals surface area contributed by atoms with Crippen LogP contribution in [0.4, 0.5) is 5.13 Å². The van der Waals surface area contributed by atoms with E-state index < -0.39 is 47.2 Å². The summed E-state index contributed by atoms with van der Waals surface area (Å²) in [5.41, 5.74) is -0.160. The first kappa shape index (κ1) is 19.4. The van der Waals surface area contributed by atoms with Gasteiger partial charge in [0.1, 0.15) is 22.8 Å². The summed E-state index contributed by atoms with van der Waals surface area (Å²) in [5.74, 6) is -3.03. The first-order valence-electron chi connectivity index (χ1n) is 8.06. The maximum atomic E-state index is 12.5. The third kappa shape index (κ3) is 3.24. The summed E-state index contributed by atoms with van der Waals surface area (Å²) in [7, 11) is 0. The van der Waals surface area contributed by atoms with Crippen LogP contribution in [-0.4, -0.2) is 73.1 Å². The molecule has 12 nitrogen and oxygen atoms in total. The summed E-state index contributed by atoms with van der Waals surface area (Å²) in [6.45, 7) is 1.08.